The van der Waals surface area contributed by atoms with Gasteiger partial charge in [0, 0.05) is 18.3 Å². The number of rotatable bonds is 6. The van der Waals surface area contributed by atoms with E-state index >= 15 is 0 Å². The molecular formula is C17H18N4O2S. The molecule has 0 saturated heterocycles. The highest BCUT2D eigenvalue weighted by molar-refractivity contribution is 7.16. The lowest BCUT2D eigenvalue weighted by Crippen LogP contribution is -2.33. The molecule has 0 aliphatic rings. The van der Waals surface area contributed by atoms with Crippen LogP contribution in [0.1, 0.15) is 6.92 Å². The van der Waals surface area contributed by atoms with Gasteiger partial charge in [0.25, 0.3) is 0 Å². The van der Waals surface area contributed by atoms with E-state index in [0.29, 0.717) is 18.0 Å². The van der Waals surface area contributed by atoms with Crippen molar-refractivity contribution in [2.45, 2.75) is 6.92 Å². The van der Waals surface area contributed by atoms with Crippen LogP contribution in [0.3, 0.4) is 0 Å². The van der Waals surface area contributed by atoms with Gasteiger partial charge in [0.05, 0.1) is 19.0 Å². The van der Waals surface area contributed by atoms with E-state index in [4.69, 9.17) is 4.74 Å². The molecule has 0 saturated carbocycles. The third-order valence-electron chi connectivity index (χ3n) is 3.61. The highest BCUT2D eigenvalue weighted by Crippen LogP contribution is 2.26. The molecule has 1 amide bonds. The number of carbonyl (C=O) groups is 1. The van der Waals surface area contributed by atoms with Crippen molar-refractivity contribution in [3.63, 3.8) is 0 Å². The zero-order chi connectivity index (χ0) is 16.9. The van der Waals surface area contributed by atoms with Gasteiger partial charge in [0.15, 0.2) is 0 Å². The van der Waals surface area contributed by atoms with Crippen LogP contribution in [0.15, 0.2) is 42.0 Å². The Balaban J connectivity index is 1.75. The van der Waals surface area contributed by atoms with Gasteiger partial charge in [0.1, 0.15) is 22.7 Å². The fourth-order valence-electron chi connectivity index (χ4n) is 2.44. The van der Waals surface area contributed by atoms with Crippen LogP contribution in [0.4, 0.5) is 11.5 Å². The van der Waals surface area contributed by atoms with Crippen LogP contribution in [-0.2, 0) is 4.79 Å². The van der Waals surface area contributed by atoms with Crippen LogP contribution in [0.2, 0.25) is 0 Å². The zero-order valence-electron chi connectivity index (χ0n) is 13.5. The number of methoxy groups -OCH3 is 1. The molecule has 0 aliphatic heterocycles. The van der Waals surface area contributed by atoms with E-state index in [2.05, 4.69) is 15.3 Å². The number of fused-ring (bicyclic) bond motifs is 1. The molecule has 6 nitrogen and oxygen atoms in total. The lowest BCUT2D eigenvalue weighted by molar-refractivity contribution is -0.115. The summed E-state index contributed by atoms with van der Waals surface area (Å²) in [7, 11) is 1.60. The van der Waals surface area contributed by atoms with Crippen LogP contribution in [0.5, 0.6) is 5.75 Å². The molecule has 2 heterocycles. The second kappa shape index (κ2) is 7.27. The number of nitrogens with one attached hydrogen (secondary N) is 1. The van der Waals surface area contributed by atoms with E-state index in [1.807, 2.05) is 41.5 Å². The fourth-order valence-corrected chi connectivity index (χ4v) is 3.17. The van der Waals surface area contributed by atoms with Gasteiger partial charge >= 0.3 is 0 Å². The molecule has 0 radical (unpaired) electrons. The highest BCUT2D eigenvalue weighted by atomic mass is 32.1. The predicted molar refractivity (Wildman–Crippen MR) is 96.9 cm³/mol. The lowest BCUT2D eigenvalue weighted by Gasteiger charge is -2.21. The number of aromatic nitrogens is 2. The van der Waals surface area contributed by atoms with Crippen molar-refractivity contribution in [3.8, 4) is 5.75 Å². The van der Waals surface area contributed by atoms with Crippen molar-refractivity contribution < 1.29 is 9.53 Å². The zero-order valence-corrected chi connectivity index (χ0v) is 14.3. The van der Waals surface area contributed by atoms with Gasteiger partial charge in [-0.1, -0.05) is 6.07 Å². The number of nitrogens with zero attached hydrogens (tertiary/aromatic N) is 3. The van der Waals surface area contributed by atoms with E-state index in [1.54, 1.807) is 24.5 Å². The molecule has 7 heteroatoms. The topological polar surface area (TPSA) is 67.4 Å². The predicted octanol–water partition coefficient (Wildman–Crippen LogP) is 3.16. The minimum atomic E-state index is -0.105. The quantitative estimate of drug-likeness (QED) is 0.745. The van der Waals surface area contributed by atoms with E-state index in [9.17, 15) is 4.79 Å². The van der Waals surface area contributed by atoms with Crippen molar-refractivity contribution in [1.29, 1.82) is 0 Å². The molecule has 0 spiro atoms. The molecule has 124 valence electrons. The summed E-state index contributed by atoms with van der Waals surface area (Å²) in [5.41, 5.74) is 0.707. The molecular weight excluding hydrogens is 324 g/mol. The number of carbonyl (C=O) groups excluding carboxylic acids is 1. The van der Waals surface area contributed by atoms with Gasteiger partial charge in [-0.2, -0.15) is 0 Å². The molecule has 0 aliphatic carbocycles. The first-order chi connectivity index (χ1) is 11.7. The highest BCUT2D eigenvalue weighted by Gasteiger charge is 2.15. The van der Waals surface area contributed by atoms with Crippen molar-refractivity contribution in [1.82, 2.24) is 9.97 Å². The van der Waals surface area contributed by atoms with Crippen molar-refractivity contribution in [3.05, 3.63) is 42.0 Å². The third kappa shape index (κ3) is 3.46. The maximum absolute atomic E-state index is 12.4. The summed E-state index contributed by atoms with van der Waals surface area (Å²) in [4.78, 5) is 23.9. The number of anilines is 2. The van der Waals surface area contributed by atoms with Crippen LogP contribution in [0, 0.1) is 0 Å². The minimum absolute atomic E-state index is 0.105. The first-order valence-corrected chi connectivity index (χ1v) is 8.46. The molecule has 0 fully saturated rings. The molecule has 1 N–H and O–H groups in total. The number of likely N-dealkylation sites (N-methyl/N-ethyl adjacent to an activating group) is 1. The van der Waals surface area contributed by atoms with Gasteiger partial charge in [-0.25, -0.2) is 9.97 Å². The summed E-state index contributed by atoms with van der Waals surface area (Å²) >= 11 is 1.56. The maximum Gasteiger partial charge on any atom is 0.243 e. The molecule has 0 unspecified atom stereocenters. The number of thiophene rings is 1. The second-order valence-electron chi connectivity index (χ2n) is 5.13. The molecule has 0 bridgehead atoms. The smallest absolute Gasteiger partial charge is 0.243 e. The number of hydrogen-bond acceptors (Lipinski definition) is 6. The van der Waals surface area contributed by atoms with Gasteiger partial charge < -0.3 is 15.0 Å². The molecule has 2 aromatic heterocycles. The molecule has 3 rings (SSSR count). The Labute approximate surface area is 144 Å². The third-order valence-corrected chi connectivity index (χ3v) is 4.43. The minimum Gasteiger partial charge on any atom is -0.497 e. The Morgan fingerprint density at radius 3 is 3.00 bits per heavy atom. The average molecular weight is 342 g/mol. The van der Waals surface area contributed by atoms with Gasteiger partial charge in [-0.3, -0.25) is 4.79 Å². The average Bonchev–Trinajstić information content (AvgIpc) is 3.08. The van der Waals surface area contributed by atoms with Gasteiger partial charge in [-0.15, -0.1) is 11.3 Å². The largest absolute Gasteiger partial charge is 0.497 e. The molecule has 0 atom stereocenters. The number of amides is 1. The number of benzene rings is 1. The van der Waals surface area contributed by atoms with Crippen molar-refractivity contribution in [2.24, 2.45) is 0 Å². The molecule has 24 heavy (non-hydrogen) atoms. The van der Waals surface area contributed by atoms with E-state index in [0.717, 1.165) is 16.0 Å². The molecule has 1 aromatic carbocycles. The first-order valence-electron chi connectivity index (χ1n) is 7.58. The number of ether oxygens (including phenoxy) is 1. The lowest BCUT2D eigenvalue weighted by atomic mass is 10.3. The maximum atomic E-state index is 12.4. The summed E-state index contributed by atoms with van der Waals surface area (Å²) in [6, 6.07) is 9.28. The van der Waals surface area contributed by atoms with Crippen LogP contribution >= 0.6 is 11.3 Å². The summed E-state index contributed by atoms with van der Waals surface area (Å²) in [5.74, 6) is 1.38. The Kier molecular flexibility index (Phi) is 4.90. The Morgan fingerprint density at radius 1 is 1.33 bits per heavy atom. The van der Waals surface area contributed by atoms with Crippen molar-refractivity contribution in [2.75, 3.05) is 30.4 Å². The summed E-state index contributed by atoms with van der Waals surface area (Å²) in [6.45, 7) is 2.89. The van der Waals surface area contributed by atoms with Crippen molar-refractivity contribution >= 4 is 39.0 Å². The Bertz CT molecular complexity index is 849. The standard InChI is InChI=1S/C17H18N4O2S/c1-3-21(16-14-7-8-24-17(14)19-11-18-16)10-15(22)20-12-5-4-6-13(9-12)23-2/h4-9,11H,3,10H2,1-2H3,(H,20,22). The Hall–Kier alpha value is -2.67. The summed E-state index contributed by atoms with van der Waals surface area (Å²) in [6.07, 6.45) is 1.54. The summed E-state index contributed by atoms with van der Waals surface area (Å²) in [5, 5.41) is 5.84. The normalized spacial score (nSPS) is 10.6. The van der Waals surface area contributed by atoms with E-state index < -0.39 is 0 Å². The fraction of sp³-hybridized carbons (Fsp3) is 0.235. The monoisotopic (exact) mass is 342 g/mol. The number of hydrogen-bond donors (Lipinski definition) is 1. The van der Waals surface area contributed by atoms with Crippen LogP contribution in [-0.4, -0.2) is 36.1 Å². The Morgan fingerprint density at radius 2 is 2.21 bits per heavy atom. The molecule has 3 aromatic rings. The second-order valence-corrected chi connectivity index (χ2v) is 6.03. The van der Waals surface area contributed by atoms with Gasteiger partial charge in [0.2, 0.25) is 5.91 Å². The summed E-state index contributed by atoms with van der Waals surface area (Å²) < 4.78 is 5.17. The SMILES string of the molecule is CCN(CC(=O)Nc1cccc(OC)c1)c1ncnc2sccc12. The van der Waals surface area contributed by atoms with Crippen LogP contribution < -0.4 is 15.0 Å². The van der Waals surface area contributed by atoms with Gasteiger partial charge in [-0.05, 0) is 30.5 Å². The van der Waals surface area contributed by atoms with E-state index in [1.165, 1.54) is 6.33 Å². The first kappa shape index (κ1) is 16.2. The van der Waals surface area contributed by atoms with E-state index in [-0.39, 0.29) is 12.5 Å². The van der Waals surface area contributed by atoms with Crippen LogP contribution in [0.25, 0.3) is 10.2 Å².